The lowest BCUT2D eigenvalue weighted by molar-refractivity contribution is -0.120. The van der Waals surface area contributed by atoms with Crippen molar-refractivity contribution >= 4 is 58.2 Å². The largest absolute Gasteiger partial charge is 0.457 e. The van der Waals surface area contributed by atoms with Crippen LogP contribution in [0.3, 0.4) is 0 Å². The number of amides is 2. The van der Waals surface area contributed by atoms with Crippen molar-refractivity contribution in [3.8, 4) is 11.3 Å². The maximum Gasteiger partial charge on any atom is 0.270 e. The molecule has 2 amide bonds. The molecule has 1 aromatic heterocycles. The van der Waals surface area contributed by atoms with E-state index >= 15 is 0 Å². The minimum absolute atomic E-state index is 0.0399. The SMILES string of the molecule is O=C1C(=Cc2ccc(-c3ccc(F)c(Cl)c3)o2)C(=O)N(c2ccccc2)C(=S)N1c1ccccc1. The van der Waals surface area contributed by atoms with E-state index < -0.39 is 17.6 Å². The second-order valence-electron chi connectivity index (χ2n) is 7.62. The van der Waals surface area contributed by atoms with Crippen LogP contribution < -0.4 is 9.80 Å². The van der Waals surface area contributed by atoms with Gasteiger partial charge in [0.05, 0.1) is 16.4 Å². The number of thiocarbonyl (C=S) groups is 1. The lowest BCUT2D eigenvalue weighted by atomic mass is 10.1. The second kappa shape index (κ2) is 9.29. The van der Waals surface area contributed by atoms with Crippen molar-refractivity contribution in [1.82, 2.24) is 0 Å². The van der Waals surface area contributed by atoms with E-state index in [0.29, 0.717) is 22.7 Å². The van der Waals surface area contributed by atoms with Gasteiger partial charge in [-0.1, -0.05) is 48.0 Å². The van der Waals surface area contributed by atoms with Crippen molar-refractivity contribution in [2.45, 2.75) is 0 Å². The summed E-state index contributed by atoms with van der Waals surface area (Å²) in [5, 5.41) is 0.0117. The summed E-state index contributed by atoms with van der Waals surface area (Å²) in [6, 6.07) is 25.2. The smallest absolute Gasteiger partial charge is 0.270 e. The van der Waals surface area contributed by atoms with Gasteiger partial charge in [0.2, 0.25) is 0 Å². The zero-order valence-corrected chi connectivity index (χ0v) is 19.6. The predicted octanol–water partition coefficient (Wildman–Crippen LogP) is 6.49. The van der Waals surface area contributed by atoms with Gasteiger partial charge < -0.3 is 4.42 Å². The Labute approximate surface area is 210 Å². The van der Waals surface area contributed by atoms with Gasteiger partial charge in [0.1, 0.15) is 22.9 Å². The number of carbonyl (C=O) groups is 2. The molecular weight excluding hydrogens is 487 g/mol. The lowest BCUT2D eigenvalue weighted by Gasteiger charge is -2.36. The summed E-state index contributed by atoms with van der Waals surface area (Å²) in [5.41, 5.74) is 1.50. The quantitative estimate of drug-likeness (QED) is 0.182. The van der Waals surface area contributed by atoms with Gasteiger partial charge in [0, 0.05) is 5.56 Å². The number of para-hydroxylation sites is 2. The molecule has 0 unspecified atom stereocenters. The molecule has 0 N–H and O–H groups in total. The van der Waals surface area contributed by atoms with Crippen molar-refractivity contribution in [2.75, 3.05) is 9.80 Å². The fourth-order valence-corrected chi connectivity index (χ4v) is 4.27. The number of hydrogen-bond donors (Lipinski definition) is 0. The van der Waals surface area contributed by atoms with Gasteiger partial charge in [-0.05, 0) is 72.9 Å². The van der Waals surface area contributed by atoms with Crippen LogP contribution in [0.2, 0.25) is 5.02 Å². The van der Waals surface area contributed by atoms with E-state index in [4.69, 9.17) is 28.2 Å². The Balaban J connectivity index is 1.58. The van der Waals surface area contributed by atoms with Gasteiger partial charge >= 0.3 is 0 Å². The molecule has 0 atom stereocenters. The normalized spacial score (nSPS) is 14.0. The van der Waals surface area contributed by atoms with E-state index in [1.807, 2.05) is 12.1 Å². The predicted molar refractivity (Wildman–Crippen MR) is 138 cm³/mol. The molecule has 8 heteroatoms. The number of nitrogens with zero attached hydrogens (tertiary/aromatic N) is 2. The molecule has 0 radical (unpaired) electrons. The molecule has 1 fully saturated rings. The molecule has 172 valence electrons. The summed E-state index contributed by atoms with van der Waals surface area (Å²) in [6.45, 7) is 0. The molecule has 0 aliphatic carbocycles. The third kappa shape index (κ3) is 4.27. The Bertz CT molecular complexity index is 1420. The zero-order valence-electron chi connectivity index (χ0n) is 18.0. The maximum absolute atomic E-state index is 13.5. The van der Waals surface area contributed by atoms with E-state index in [1.165, 1.54) is 34.1 Å². The molecule has 5 rings (SSSR count). The first-order chi connectivity index (χ1) is 16.9. The number of hydrogen-bond acceptors (Lipinski definition) is 4. The van der Waals surface area contributed by atoms with Crippen LogP contribution in [0.15, 0.2) is 101 Å². The van der Waals surface area contributed by atoms with Crippen molar-refractivity contribution in [3.63, 3.8) is 0 Å². The summed E-state index contributed by atoms with van der Waals surface area (Å²) in [5.74, 6) is -1.00. The van der Waals surface area contributed by atoms with Crippen LogP contribution >= 0.6 is 23.8 Å². The number of halogens is 2. The number of carbonyl (C=O) groups excluding carboxylic acids is 2. The summed E-state index contributed by atoms with van der Waals surface area (Å²) < 4.78 is 19.4. The highest BCUT2D eigenvalue weighted by molar-refractivity contribution is 7.81. The summed E-state index contributed by atoms with van der Waals surface area (Å²) in [4.78, 5) is 29.7. The first kappa shape index (κ1) is 22.7. The molecule has 1 saturated heterocycles. The molecule has 35 heavy (non-hydrogen) atoms. The molecule has 1 aliphatic rings. The minimum atomic E-state index is -0.568. The monoisotopic (exact) mass is 502 g/mol. The second-order valence-corrected chi connectivity index (χ2v) is 8.40. The molecular formula is C27H16ClFN2O3S. The fourth-order valence-electron chi connectivity index (χ4n) is 3.72. The average Bonchev–Trinajstić information content (AvgIpc) is 3.34. The summed E-state index contributed by atoms with van der Waals surface area (Å²) in [7, 11) is 0. The van der Waals surface area contributed by atoms with Gasteiger partial charge in [0.25, 0.3) is 11.8 Å². The van der Waals surface area contributed by atoms with E-state index in [9.17, 15) is 14.0 Å². The van der Waals surface area contributed by atoms with Crippen LogP contribution in [-0.2, 0) is 9.59 Å². The number of anilines is 2. The van der Waals surface area contributed by atoms with Crippen LogP contribution in [0.5, 0.6) is 0 Å². The van der Waals surface area contributed by atoms with Gasteiger partial charge in [-0.15, -0.1) is 0 Å². The Morgan fingerprint density at radius 3 is 1.91 bits per heavy atom. The van der Waals surface area contributed by atoms with Crippen LogP contribution in [-0.4, -0.2) is 16.9 Å². The van der Waals surface area contributed by atoms with E-state index in [-0.39, 0.29) is 21.5 Å². The highest BCUT2D eigenvalue weighted by atomic mass is 35.5. The van der Waals surface area contributed by atoms with E-state index in [0.717, 1.165) is 0 Å². The molecule has 1 aliphatic heterocycles. The maximum atomic E-state index is 13.5. The number of benzene rings is 3. The molecule has 4 aromatic rings. The lowest BCUT2D eigenvalue weighted by Crippen LogP contribution is -2.56. The molecule has 0 saturated carbocycles. The number of furan rings is 1. The number of rotatable bonds is 4. The first-order valence-electron chi connectivity index (χ1n) is 10.5. The van der Waals surface area contributed by atoms with Crippen LogP contribution in [0.4, 0.5) is 15.8 Å². The van der Waals surface area contributed by atoms with Crippen LogP contribution in [0, 0.1) is 5.82 Å². The van der Waals surface area contributed by atoms with Gasteiger partial charge in [-0.3, -0.25) is 19.4 Å². The fraction of sp³-hybridized carbons (Fsp3) is 0. The highest BCUT2D eigenvalue weighted by Crippen LogP contribution is 2.31. The summed E-state index contributed by atoms with van der Waals surface area (Å²) in [6.07, 6.45) is 1.38. The van der Waals surface area contributed by atoms with Gasteiger partial charge in [-0.2, -0.15) is 0 Å². The van der Waals surface area contributed by atoms with Gasteiger partial charge in [0.15, 0.2) is 5.11 Å². The third-order valence-corrected chi connectivity index (χ3v) is 6.05. The third-order valence-electron chi connectivity index (χ3n) is 5.40. The Kier molecular flexibility index (Phi) is 6.03. The van der Waals surface area contributed by atoms with Crippen LogP contribution in [0.1, 0.15) is 5.76 Å². The molecule has 0 spiro atoms. The molecule has 2 heterocycles. The van der Waals surface area contributed by atoms with Crippen LogP contribution in [0.25, 0.3) is 17.4 Å². The average molecular weight is 503 g/mol. The van der Waals surface area contributed by atoms with Gasteiger partial charge in [-0.25, -0.2) is 4.39 Å². The Hall–Kier alpha value is -4.07. The molecule has 3 aromatic carbocycles. The molecule has 5 nitrogen and oxygen atoms in total. The molecule has 0 bridgehead atoms. The van der Waals surface area contributed by atoms with Crippen molar-refractivity contribution < 1.29 is 18.4 Å². The van der Waals surface area contributed by atoms with Crippen molar-refractivity contribution in [3.05, 3.63) is 113 Å². The Morgan fingerprint density at radius 1 is 0.800 bits per heavy atom. The van der Waals surface area contributed by atoms with Crippen molar-refractivity contribution in [1.29, 1.82) is 0 Å². The van der Waals surface area contributed by atoms with E-state index in [2.05, 4.69) is 0 Å². The minimum Gasteiger partial charge on any atom is -0.457 e. The van der Waals surface area contributed by atoms with Crippen molar-refractivity contribution in [2.24, 2.45) is 0 Å². The highest BCUT2D eigenvalue weighted by Gasteiger charge is 2.41. The Morgan fingerprint density at radius 2 is 1.37 bits per heavy atom. The topological polar surface area (TPSA) is 53.8 Å². The first-order valence-corrected chi connectivity index (χ1v) is 11.3. The standard InChI is InChI=1S/C27H16ClFN2O3S/c28-22-15-17(11-13-23(22)29)24-14-12-20(34-24)16-21-25(32)30(18-7-3-1-4-8-18)27(35)31(26(21)33)19-9-5-2-6-10-19/h1-16H. The van der Waals surface area contributed by atoms with E-state index in [1.54, 1.807) is 60.7 Å². The zero-order chi connectivity index (χ0) is 24.5. The summed E-state index contributed by atoms with van der Waals surface area (Å²) >= 11 is 11.5.